The number of carbonyl (C=O) groups is 3. The Morgan fingerprint density at radius 3 is 2.26 bits per heavy atom. The van der Waals surface area contributed by atoms with Crippen LogP contribution in [0.4, 0.5) is 5.13 Å². The van der Waals surface area contributed by atoms with E-state index in [9.17, 15) is 19.5 Å². The van der Waals surface area contributed by atoms with Gasteiger partial charge in [-0.25, -0.2) is 9.78 Å². The van der Waals surface area contributed by atoms with Crippen molar-refractivity contribution in [3.8, 4) is 16.2 Å². The van der Waals surface area contributed by atoms with Gasteiger partial charge in [0.2, 0.25) is 0 Å². The van der Waals surface area contributed by atoms with Crippen molar-refractivity contribution in [2.75, 3.05) is 25.7 Å². The van der Waals surface area contributed by atoms with Gasteiger partial charge < -0.3 is 30.5 Å². The molecule has 3 heterocycles. The molecule has 12 nitrogen and oxygen atoms in total. The molecule has 1 saturated heterocycles. The average molecular weight is 762 g/mol. The molecule has 4 aromatic carbocycles. The number of oxime groups is 1. The molecule has 2 aliphatic heterocycles. The largest absolute Gasteiger partial charge is 0.509 e. The first kappa shape index (κ1) is 36.2. The number of aliphatic hydroxyl groups is 1. The van der Waals surface area contributed by atoms with Crippen LogP contribution in [0.3, 0.4) is 0 Å². The van der Waals surface area contributed by atoms with Crippen LogP contribution in [0.1, 0.15) is 33.9 Å². The molecule has 274 valence electrons. The van der Waals surface area contributed by atoms with Gasteiger partial charge in [0.15, 0.2) is 16.5 Å². The molecule has 0 bridgehead atoms. The van der Waals surface area contributed by atoms with Gasteiger partial charge in [-0.15, -0.1) is 11.8 Å². The summed E-state index contributed by atoms with van der Waals surface area (Å²) in [7, 11) is 2.86. The number of nitrogens with zero attached hydrogens (tertiary/aromatic N) is 3. The van der Waals surface area contributed by atoms with Gasteiger partial charge in [0.25, 0.3) is 11.8 Å². The third-order valence-corrected chi connectivity index (χ3v) is 11.2. The number of fused-ring (bicyclic) bond motifs is 1. The van der Waals surface area contributed by atoms with E-state index < -0.39 is 29.2 Å². The lowest BCUT2D eigenvalue weighted by Crippen LogP contribution is -2.71. The summed E-state index contributed by atoms with van der Waals surface area (Å²) in [5, 5.41) is 17.0. The van der Waals surface area contributed by atoms with E-state index in [4.69, 9.17) is 20.0 Å². The van der Waals surface area contributed by atoms with Crippen LogP contribution in [-0.4, -0.2) is 69.9 Å². The molecule has 2 aliphatic rings. The van der Waals surface area contributed by atoms with Gasteiger partial charge in [0.1, 0.15) is 42.3 Å². The second-order valence-corrected chi connectivity index (χ2v) is 14.4. The minimum atomic E-state index is -1.05. The number of nitrogen functional groups attached to an aromatic ring is 1. The number of anilines is 1. The molecule has 0 spiro atoms. The highest BCUT2D eigenvalue weighted by Crippen LogP contribution is 2.43. The number of hydrogen-bond donors (Lipinski definition) is 3. The fourth-order valence-electron chi connectivity index (χ4n) is 6.50. The zero-order chi connectivity index (χ0) is 37.8. The van der Waals surface area contributed by atoms with Crippen molar-refractivity contribution < 1.29 is 33.8 Å². The van der Waals surface area contributed by atoms with E-state index in [1.165, 1.54) is 30.2 Å². The number of aromatic nitrogens is 1. The van der Waals surface area contributed by atoms with Crippen molar-refractivity contribution in [2.45, 2.75) is 23.9 Å². The fourth-order valence-corrected chi connectivity index (χ4v) is 8.58. The third-order valence-electron chi connectivity index (χ3n) is 9.01. The lowest BCUT2D eigenvalue weighted by atomic mass is 9.82. The maximum absolute atomic E-state index is 14.1. The lowest BCUT2D eigenvalue weighted by Gasteiger charge is -2.48. The molecule has 0 saturated carbocycles. The van der Waals surface area contributed by atoms with Gasteiger partial charge in [-0.05, 0) is 39.9 Å². The number of benzene rings is 4. The van der Waals surface area contributed by atoms with E-state index >= 15 is 0 Å². The third kappa shape index (κ3) is 7.13. The number of β-lactam (4-membered cyclic amide) rings is 1. The molecule has 4 N–H and O–H groups in total. The number of nitrogens with one attached hydrogen (secondary N) is 1. The van der Waals surface area contributed by atoms with Crippen LogP contribution in [0.25, 0.3) is 10.4 Å². The van der Waals surface area contributed by atoms with Crippen molar-refractivity contribution in [1.29, 1.82) is 0 Å². The molecule has 2 atom stereocenters. The number of thioether (sulfide) groups is 1. The van der Waals surface area contributed by atoms with Crippen molar-refractivity contribution in [1.82, 2.24) is 15.2 Å². The lowest BCUT2D eigenvalue weighted by molar-refractivity contribution is -0.153. The first-order valence-electron chi connectivity index (χ1n) is 16.8. The Balaban J connectivity index is 1.14. The maximum Gasteiger partial charge on any atom is 0.358 e. The molecular formula is C40H35N5O7S2. The number of amides is 2. The topological polar surface area (TPSA) is 166 Å². The highest BCUT2D eigenvalue weighted by atomic mass is 32.2. The van der Waals surface area contributed by atoms with E-state index in [1.807, 2.05) is 60.7 Å². The van der Waals surface area contributed by atoms with Crippen molar-refractivity contribution in [2.24, 2.45) is 5.16 Å². The second kappa shape index (κ2) is 15.9. The van der Waals surface area contributed by atoms with E-state index in [2.05, 4.69) is 39.7 Å². The molecule has 1 aromatic heterocycles. The summed E-state index contributed by atoms with van der Waals surface area (Å²) >= 11 is 2.40. The molecule has 7 rings (SSSR count). The van der Waals surface area contributed by atoms with Gasteiger partial charge in [0, 0.05) is 5.92 Å². The van der Waals surface area contributed by atoms with Crippen molar-refractivity contribution >= 4 is 51.7 Å². The Hall–Kier alpha value is -6.12. The minimum Gasteiger partial charge on any atom is -0.509 e. The number of nitrogens with two attached hydrogens (primary N) is 1. The first-order valence-corrected chi connectivity index (χ1v) is 18.7. The van der Waals surface area contributed by atoms with Gasteiger partial charge in [0.05, 0.1) is 17.7 Å². The molecule has 1 fully saturated rings. The number of methoxy groups -OCH3 is 1. The van der Waals surface area contributed by atoms with Crippen LogP contribution in [0.2, 0.25) is 0 Å². The van der Waals surface area contributed by atoms with Crippen molar-refractivity contribution in [3.05, 3.63) is 149 Å². The van der Waals surface area contributed by atoms with Crippen LogP contribution in [0.15, 0.2) is 126 Å². The quantitative estimate of drug-likeness (QED) is 0.0462. The number of rotatable bonds is 12. The van der Waals surface area contributed by atoms with Crippen molar-refractivity contribution in [3.63, 3.8) is 0 Å². The molecule has 0 radical (unpaired) electrons. The highest BCUT2D eigenvalue weighted by Gasteiger charge is 2.55. The smallest absolute Gasteiger partial charge is 0.358 e. The summed E-state index contributed by atoms with van der Waals surface area (Å²) < 4.78 is 10.6. The zero-order valence-electron chi connectivity index (χ0n) is 29.2. The number of thiazole rings is 1. The Kier molecular flexibility index (Phi) is 10.6. The Labute approximate surface area is 319 Å². The first-order chi connectivity index (χ1) is 26.3. The summed E-state index contributed by atoms with van der Waals surface area (Å²) in [5.74, 6) is -1.98. The molecular weight excluding hydrogens is 727 g/mol. The van der Waals surface area contributed by atoms with Crippen LogP contribution in [0.5, 0.6) is 5.75 Å². The monoisotopic (exact) mass is 761 g/mol. The molecule has 0 unspecified atom stereocenters. The predicted octanol–water partition coefficient (Wildman–Crippen LogP) is 5.84. The number of carbonyl (C=O) groups excluding carboxylic acids is 3. The van der Waals surface area contributed by atoms with Crippen LogP contribution >= 0.6 is 23.1 Å². The SMILES string of the molecule is CO/N=C(\C(=O)N[C@@H]1C(=O)N2C(C(=O)OCc3ccc(OC)cc3)=C(O)CS[C@@H]12)c1nc(N)sc1-c1ccccc1C(c1ccccc1)c1ccccc1. The Morgan fingerprint density at radius 2 is 1.61 bits per heavy atom. The number of esters is 1. The molecule has 2 amide bonds. The number of aliphatic hydroxyl groups excluding tert-OH is 1. The summed E-state index contributed by atoms with van der Waals surface area (Å²) in [6, 6.07) is 34.0. The minimum absolute atomic E-state index is 0.0281. The van der Waals surface area contributed by atoms with Gasteiger partial charge in [-0.2, -0.15) is 0 Å². The number of hydrogen-bond acceptors (Lipinski definition) is 12. The molecule has 14 heteroatoms. The summed E-state index contributed by atoms with van der Waals surface area (Å²) in [4.78, 5) is 52.2. The predicted molar refractivity (Wildman–Crippen MR) is 207 cm³/mol. The standard InChI is InChI=1S/C40H35N5O7S2/c1-50-26-19-17-23(18-20-26)21-52-39(49)34-29(46)22-53-38-33(37(48)45(34)38)42-36(47)32(44-51-2)31-35(54-40(41)43-31)28-16-10-9-15-27(28)30(24-11-5-3-6-12-24)25-13-7-4-8-14-25/h3-20,30,33,38,46H,21-22H2,1-2H3,(H2,41,43)(H,42,47)/b44-32-/t33-,38+/m1/s1. The molecule has 0 aliphatic carbocycles. The average Bonchev–Trinajstić information content (AvgIpc) is 3.59. The second-order valence-electron chi connectivity index (χ2n) is 12.3. The van der Waals surface area contributed by atoms with Gasteiger partial charge in [-0.3, -0.25) is 14.5 Å². The van der Waals surface area contributed by atoms with Gasteiger partial charge >= 0.3 is 5.97 Å². The van der Waals surface area contributed by atoms with E-state index in [0.29, 0.717) is 16.2 Å². The Morgan fingerprint density at radius 1 is 0.963 bits per heavy atom. The number of ether oxygens (including phenoxy) is 2. The van der Waals surface area contributed by atoms with E-state index in [-0.39, 0.29) is 46.3 Å². The van der Waals surface area contributed by atoms with E-state index in [0.717, 1.165) is 27.2 Å². The van der Waals surface area contributed by atoms with E-state index in [1.54, 1.807) is 31.4 Å². The van der Waals surface area contributed by atoms with Crippen LogP contribution in [0, 0.1) is 0 Å². The summed E-state index contributed by atoms with van der Waals surface area (Å²) in [5.41, 5.74) is 10.6. The summed E-state index contributed by atoms with van der Waals surface area (Å²) in [6.07, 6.45) is 0. The van der Waals surface area contributed by atoms with Gasteiger partial charge in [-0.1, -0.05) is 114 Å². The molecule has 54 heavy (non-hydrogen) atoms. The maximum atomic E-state index is 14.1. The fraction of sp³-hybridized carbons (Fsp3) is 0.175. The van der Waals surface area contributed by atoms with Crippen LogP contribution < -0.4 is 15.8 Å². The Bertz CT molecular complexity index is 2200. The van der Waals surface area contributed by atoms with Crippen LogP contribution in [-0.2, 0) is 30.6 Å². The zero-order valence-corrected chi connectivity index (χ0v) is 30.8. The molecule has 5 aromatic rings. The highest BCUT2D eigenvalue weighted by molar-refractivity contribution is 8.00. The normalized spacial score (nSPS) is 16.8. The summed E-state index contributed by atoms with van der Waals surface area (Å²) in [6.45, 7) is -0.0872.